The molecule has 2 aromatic rings. The number of amides is 1. The van der Waals surface area contributed by atoms with Crippen LogP contribution >= 0.6 is 0 Å². The Morgan fingerprint density at radius 1 is 1.04 bits per heavy atom. The number of carbonyl (C=O) groups is 1. The van der Waals surface area contributed by atoms with Gasteiger partial charge in [-0.05, 0) is 49.2 Å². The first-order chi connectivity index (χ1) is 10.7. The van der Waals surface area contributed by atoms with Crippen molar-refractivity contribution in [2.75, 3.05) is 10.0 Å². The molecule has 0 aliphatic rings. The number of nitrogens with one attached hydrogen (secondary N) is 2. The van der Waals surface area contributed by atoms with Gasteiger partial charge in [0.05, 0.1) is 10.6 Å². The zero-order valence-electron chi connectivity index (χ0n) is 13.0. The highest BCUT2D eigenvalue weighted by molar-refractivity contribution is 7.92. The molecule has 0 radical (unpaired) electrons. The first-order valence-electron chi connectivity index (χ1n) is 6.86. The second kappa shape index (κ2) is 6.37. The van der Waals surface area contributed by atoms with Crippen LogP contribution in [-0.4, -0.2) is 14.3 Å². The maximum Gasteiger partial charge on any atom is 0.261 e. The van der Waals surface area contributed by atoms with Crippen molar-refractivity contribution in [3.63, 3.8) is 0 Å². The number of rotatable bonds is 4. The smallest absolute Gasteiger partial charge is 0.261 e. The molecule has 5 nitrogen and oxygen atoms in total. The zero-order chi connectivity index (χ0) is 17.2. The van der Waals surface area contributed by atoms with E-state index in [1.54, 1.807) is 19.9 Å². The van der Waals surface area contributed by atoms with E-state index >= 15 is 0 Å². The lowest BCUT2D eigenvalue weighted by atomic mass is 10.2. The highest BCUT2D eigenvalue weighted by Crippen LogP contribution is 2.23. The van der Waals surface area contributed by atoms with E-state index in [-0.39, 0.29) is 16.5 Å². The highest BCUT2D eigenvalue weighted by atomic mass is 32.2. The van der Waals surface area contributed by atoms with Gasteiger partial charge in [-0.1, -0.05) is 12.1 Å². The average Bonchev–Trinajstić information content (AvgIpc) is 2.44. The van der Waals surface area contributed by atoms with Gasteiger partial charge in [0.25, 0.3) is 10.0 Å². The molecule has 0 unspecified atom stereocenters. The Morgan fingerprint density at radius 3 is 2.30 bits per heavy atom. The number of hydrogen-bond donors (Lipinski definition) is 2. The molecule has 2 N–H and O–H groups in total. The molecule has 0 atom stereocenters. The first-order valence-corrected chi connectivity index (χ1v) is 8.34. The summed E-state index contributed by atoms with van der Waals surface area (Å²) in [5.74, 6) is -0.788. The number of benzene rings is 2. The Balaban J connectivity index is 2.35. The fourth-order valence-electron chi connectivity index (χ4n) is 1.96. The van der Waals surface area contributed by atoms with E-state index in [1.165, 1.54) is 31.2 Å². The third-order valence-electron chi connectivity index (χ3n) is 3.25. The Labute approximate surface area is 134 Å². The number of anilines is 2. The maximum absolute atomic E-state index is 13.5. The van der Waals surface area contributed by atoms with E-state index in [9.17, 15) is 17.6 Å². The predicted molar refractivity (Wildman–Crippen MR) is 87.4 cm³/mol. The average molecular weight is 336 g/mol. The van der Waals surface area contributed by atoms with Gasteiger partial charge in [0.2, 0.25) is 5.91 Å². The minimum Gasteiger partial charge on any atom is -0.326 e. The lowest BCUT2D eigenvalue weighted by Crippen LogP contribution is -2.14. The number of carbonyl (C=O) groups excluding carboxylic acids is 1. The van der Waals surface area contributed by atoms with Gasteiger partial charge in [-0.25, -0.2) is 12.8 Å². The topological polar surface area (TPSA) is 75.3 Å². The minimum atomic E-state index is -3.89. The quantitative estimate of drug-likeness (QED) is 0.900. The SMILES string of the molecule is CC(=O)Nc1cc(S(=O)(=O)Nc2ccc(C)c(F)c2)ccc1C. The normalized spacial score (nSPS) is 11.1. The fraction of sp³-hybridized carbons (Fsp3) is 0.188. The second-order valence-corrected chi connectivity index (χ2v) is 6.91. The van der Waals surface area contributed by atoms with Crippen LogP contribution in [0.5, 0.6) is 0 Å². The van der Waals surface area contributed by atoms with E-state index in [2.05, 4.69) is 10.0 Å². The minimum absolute atomic E-state index is 0.0205. The summed E-state index contributed by atoms with van der Waals surface area (Å²) in [6.45, 7) is 4.69. The lowest BCUT2D eigenvalue weighted by molar-refractivity contribution is -0.114. The lowest BCUT2D eigenvalue weighted by Gasteiger charge is -2.12. The van der Waals surface area contributed by atoms with Gasteiger partial charge in [-0.2, -0.15) is 0 Å². The van der Waals surface area contributed by atoms with Gasteiger partial charge >= 0.3 is 0 Å². The molecular formula is C16H17FN2O3S. The van der Waals surface area contributed by atoms with Gasteiger partial charge in [-0.3, -0.25) is 9.52 Å². The van der Waals surface area contributed by atoms with Crippen LogP contribution in [0.4, 0.5) is 15.8 Å². The number of sulfonamides is 1. The third-order valence-corrected chi connectivity index (χ3v) is 4.63. The molecule has 0 aromatic heterocycles. The molecule has 0 aliphatic heterocycles. The van der Waals surface area contributed by atoms with E-state index in [1.807, 2.05) is 0 Å². The van der Waals surface area contributed by atoms with Crippen LogP contribution in [0, 0.1) is 19.7 Å². The van der Waals surface area contributed by atoms with Crippen LogP contribution in [0.2, 0.25) is 0 Å². The van der Waals surface area contributed by atoms with Crippen molar-refractivity contribution in [2.24, 2.45) is 0 Å². The van der Waals surface area contributed by atoms with Crippen LogP contribution < -0.4 is 10.0 Å². The molecule has 7 heteroatoms. The second-order valence-electron chi connectivity index (χ2n) is 5.23. The van der Waals surface area contributed by atoms with Crippen LogP contribution in [0.3, 0.4) is 0 Å². The standard InChI is InChI=1S/C16H17FN2O3S/c1-10-4-6-13(8-15(10)17)19-23(21,22)14-7-5-11(2)16(9-14)18-12(3)20/h4-9,19H,1-3H3,(H,18,20). The molecule has 0 bridgehead atoms. The predicted octanol–water partition coefficient (Wildman–Crippen LogP) is 3.20. The van der Waals surface area contributed by atoms with E-state index in [4.69, 9.17) is 0 Å². The molecule has 1 amide bonds. The van der Waals surface area contributed by atoms with Crippen LogP contribution in [-0.2, 0) is 14.8 Å². The Bertz CT molecular complexity index is 864. The van der Waals surface area contributed by atoms with Crippen LogP contribution in [0.25, 0.3) is 0 Å². The Morgan fingerprint density at radius 2 is 1.70 bits per heavy atom. The largest absolute Gasteiger partial charge is 0.326 e. The summed E-state index contributed by atoms with van der Waals surface area (Å²) >= 11 is 0. The third kappa shape index (κ3) is 4.07. The van der Waals surface area contributed by atoms with Crippen molar-refractivity contribution in [1.29, 1.82) is 0 Å². The van der Waals surface area contributed by atoms with Crippen molar-refractivity contribution >= 4 is 27.3 Å². The molecule has 0 aliphatic carbocycles. The summed E-state index contributed by atoms with van der Waals surface area (Å²) in [6, 6.07) is 8.48. The van der Waals surface area contributed by atoms with Crippen molar-refractivity contribution in [2.45, 2.75) is 25.7 Å². The molecule has 0 saturated carbocycles. The molecule has 0 fully saturated rings. The van der Waals surface area contributed by atoms with Crippen LogP contribution in [0.1, 0.15) is 18.1 Å². The molecule has 23 heavy (non-hydrogen) atoms. The summed E-state index contributed by atoms with van der Waals surface area (Å²) < 4.78 is 40.7. The number of hydrogen-bond acceptors (Lipinski definition) is 3. The Hall–Kier alpha value is -2.41. The van der Waals surface area contributed by atoms with E-state index in [0.29, 0.717) is 11.3 Å². The summed E-state index contributed by atoms with van der Waals surface area (Å²) in [6.07, 6.45) is 0. The first kappa shape index (κ1) is 17.0. The summed E-state index contributed by atoms with van der Waals surface area (Å²) in [4.78, 5) is 11.1. The van der Waals surface area contributed by atoms with Gasteiger partial charge < -0.3 is 5.32 Å². The maximum atomic E-state index is 13.5. The molecule has 0 heterocycles. The Kier molecular flexibility index (Phi) is 4.70. The molecule has 122 valence electrons. The summed E-state index contributed by atoms with van der Waals surface area (Å²) in [5, 5.41) is 2.57. The van der Waals surface area contributed by atoms with Crippen molar-refractivity contribution < 1.29 is 17.6 Å². The van der Waals surface area contributed by atoms with Gasteiger partial charge in [0.15, 0.2) is 0 Å². The molecular weight excluding hydrogens is 319 g/mol. The molecule has 2 aromatic carbocycles. The van der Waals surface area contributed by atoms with Gasteiger partial charge in [0, 0.05) is 12.6 Å². The molecule has 0 spiro atoms. The zero-order valence-corrected chi connectivity index (χ0v) is 13.8. The van der Waals surface area contributed by atoms with Crippen molar-refractivity contribution in [1.82, 2.24) is 0 Å². The van der Waals surface area contributed by atoms with Crippen molar-refractivity contribution in [3.05, 3.63) is 53.3 Å². The highest BCUT2D eigenvalue weighted by Gasteiger charge is 2.16. The van der Waals surface area contributed by atoms with E-state index < -0.39 is 15.8 Å². The molecule has 2 rings (SSSR count). The van der Waals surface area contributed by atoms with E-state index in [0.717, 1.165) is 11.6 Å². The summed E-state index contributed by atoms with van der Waals surface area (Å²) in [5.41, 5.74) is 1.71. The van der Waals surface area contributed by atoms with Crippen LogP contribution in [0.15, 0.2) is 41.3 Å². The monoisotopic (exact) mass is 336 g/mol. The van der Waals surface area contributed by atoms with Crippen molar-refractivity contribution in [3.8, 4) is 0 Å². The summed E-state index contributed by atoms with van der Waals surface area (Å²) in [7, 11) is -3.89. The fourth-order valence-corrected chi connectivity index (χ4v) is 3.04. The number of halogens is 1. The van der Waals surface area contributed by atoms with Gasteiger partial charge in [0.1, 0.15) is 5.82 Å². The van der Waals surface area contributed by atoms with Gasteiger partial charge in [-0.15, -0.1) is 0 Å². The number of aryl methyl sites for hydroxylation is 2. The molecule has 0 saturated heterocycles.